The van der Waals surface area contributed by atoms with Crippen LogP contribution in [0.3, 0.4) is 0 Å². The number of allylic oxidation sites excluding steroid dienone is 1. The fraction of sp³-hybridized carbons (Fsp3) is 0.273. The molecule has 0 radical (unpaired) electrons. The van der Waals surface area contributed by atoms with Gasteiger partial charge in [-0.15, -0.1) is 0 Å². The molecule has 2 heteroatoms. The Morgan fingerprint density at radius 3 is 2.92 bits per heavy atom. The molecule has 0 saturated heterocycles. The smallest absolute Gasteiger partial charge is 0.231 e. The van der Waals surface area contributed by atoms with Crippen LogP contribution in [0, 0.1) is 0 Å². The number of rotatable bonds is 2. The molecule has 68 valence electrons. The largest absolute Gasteiger partial charge is 0.454 e. The summed E-state index contributed by atoms with van der Waals surface area (Å²) < 4.78 is 10.5. The van der Waals surface area contributed by atoms with Crippen molar-refractivity contribution in [3.63, 3.8) is 0 Å². The maximum Gasteiger partial charge on any atom is 0.231 e. The molecule has 13 heavy (non-hydrogen) atoms. The molecule has 0 fully saturated rings. The van der Waals surface area contributed by atoms with E-state index in [1.807, 2.05) is 18.2 Å². The van der Waals surface area contributed by atoms with Crippen molar-refractivity contribution in [1.82, 2.24) is 0 Å². The Balaban J connectivity index is 2.36. The summed E-state index contributed by atoms with van der Waals surface area (Å²) in [5.41, 5.74) is 2.25. The first-order chi connectivity index (χ1) is 6.31. The van der Waals surface area contributed by atoms with E-state index in [2.05, 4.69) is 13.5 Å². The second kappa shape index (κ2) is 3.13. The van der Waals surface area contributed by atoms with Gasteiger partial charge >= 0.3 is 0 Å². The van der Waals surface area contributed by atoms with Crippen LogP contribution in [0.5, 0.6) is 11.5 Å². The zero-order valence-electron chi connectivity index (χ0n) is 7.67. The Morgan fingerprint density at radius 2 is 2.15 bits per heavy atom. The maximum absolute atomic E-state index is 5.27. The molecule has 0 aliphatic carbocycles. The summed E-state index contributed by atoms with van der Waals surface area (Å²) in [6.07, 6.45) is 0.958. The van der Waals surface area contributed by atoms with Crippen molar-refractivity contribution in [3.05, 3.63) is 30.3 Å². The van der Waals surface area contributed by atoms with Crippen molar-refractivity contribution in [2.75, 3.05) is 6.79 Å². The average Bonchev–Trinajstić information content (AvgIpc) is 2.63. The van der Waals surface area contributed by atoms with Gasteiger partial charge < -0.3 is 9.47 Å². The Labute approximate surface area is 77.8 Å². The van der Waals surface area contributed by atoms with Crippen molar-refractivity contribution in [2.45, 2.75) is 13.3 Å². The van der Waals surface area contributed by atoms with Crippen LogP contribution in [0.25, 0.3) is 5.57 Å². The van der Waals surface area contributed by atoms with Gasteiger partial charge in [-0.25, -0.2) is 0 Å². The minimum Gasteiger partial charge on any atom is -0.454 e. The Morgan fingerprint density at radius 1 is 1.38 bits per heavy atom. The van der Waals surface area contributed by atoms with Crippen molar-refractivity contribution >= 4 is 5.57 Å². The fourth-order valence-electron chi connectivity index (χ4n) is 1.32. The van der Waals surface area contributed by atoms with Crippen LogP contribution in [0.15, 0.2) is 24.8 Å². The van der Waals surface area contributed by atoms with E-state index in [1.54, 1.807) is 0 Å². The second-order valence-electron chi connectivity index (χ2n) is 3.03. The monoisotopic (exact) mass is 176 g/mol. The lowest BCUT2D eigenvalue weighted by Crippen LogP contribution is -1.92. The molecule has 0 atom stereocenters. The summed E-state index contributed by atoms with van der Waals surface area (Å²) in [6.45, 7) is 6.39. The molecule has 1 aromatic rings. The van der Waals surface area contributed by atoms with E-state index in [1.165, 1.54) is 0 Å². The van der Waals surface area contributed by atoms with E-state index in [9.17, 15) is 0 Å². The first kappa shape index (κ1) is 8.17. The molecular weight excluding hydrogens is 164 g/mol. The fourth-order valence-corrected chi connectivity index (χ4v) is 1.32. The number of hydrogen-bond donors (Lipinski definition) is 0. The van der Waals surface area contributed by atoms with Gasteiger partial charge in [0.2, 0.25) is 6.79 Å². The van der Waals surface area contributed by atoms with Crippen molar-refractivity contribution < 1.29 is 9.47 Å². The topological polar surface area (TPSA) is 18.5 Å². The van der Waals surface area contributed by atoms with Gasteiger partial charge in [0.15, 0.2) is 11.5 Å². The first-order valence-electron chi connectivity index (χ1n) is 4.39. The van der Waals surface area contributed by atoms with Gasteiger partial charge in [-0.3, -0.25) is 0 Å². The molecule has 0 N–H and O–H groups in total. The number of ether oxygens (including phenoxy) is 2. The van der Waals surface area contributed by atoms with Gasteiger partial charge in [0.25, 0.3) is 0 Å². The van der Waals surface area contributed by atoms with Gasteiger partial charge in [-0.2, -0.15) is 0 Å². The van der Waals surface area contributed by atoms with Crippen LogP contribution in [-0.4, -0.2) is 6.79 Å². The van der Waals surface area contributed by atoms with Crippen LogP contribution in [-0.2, 0) is 0 Å². The Bertz CT molecular complexity index is 342. The standard InChI is InChI=1S/C11H12O2/c1-3-8(2)9-4-5-10-11(6-9)13-7-12-10/h4-6H,2-3,7H2,1H3. The average molecular weight is 176 g/mol. The van der Waals surface area contributed by atoms with E-state index in [0.29, 0.717) is 6.79 Å². The van der Waals surface area contributed by atoms with Gasteiger partial charge in [-0.1, -0.05) is 19.6 Å². The van der Waals surface area contributed by atoms with Gasteiger partial charge in [0, 0.05) is 0 Å². The number of fused-ring (bicyclic) bond motifs is 1. The molecule has 0 spiro atoms. The molecule has 1 aromatic carbocycles. The van der Waals surface area contributed by atoms with Crippen LogP contribution >= 0.6 is 0 Å². The predicted octanol–water partition coefficient (Wildman–Crippen LogP) is 2.84. The summed E-state index contributed by atoms with van der Waals surface area (Å²) in [7, 11) is 0. The minimum atomic E-state index is 0.331. The van der Waals surface area contributed by atoms with E-state index >= 15 is 0 Å². The SMILES string of the molecule is C=C(CC)c1ccc2c(c1)OCO2. The zero-order valence-corrected chi connectivity index (χ0v) is 7.67. The summed E-state index contributed by atoms with van der Waals surface area (Å²) in [6, 6.07) is 5.92. The zero-order chi connectivity index (χ0) is 9.26. The maximum atomic E-state index is 5.27. The molecular formula is C11H12O2. The highest BCUT2D eigenvalue weighted by Crippen LogP contribution is 2.34. The second-order valence-corrected chi connectivity index (χ2v) is 3.03. The van der Waals surface area contributed by atoms with Crippen LogP contribution < -0.4 is 9.47 Å². The molecule has 1 aliphatic rings. The van der Waals surface area contributed by atoms with Crippen LogP contribution in [0.4, 0.5) is 0 Å². The van der Waals surface area contributed by atoms with Crippen molar-refractivity contribution in [3.8, 4) is 11.5 Å². The lowest BCUT2D eigenvalue weighted by molar-refractivity contribution is 0.174. The van der Waals surface area contributed by atoms with E-state index < -0.39 is 0 Å². The molecule has 0 saturated carbocycles. The predicted molar refractivity (Wildman–Crippen MR) is 51.9 cm³/mol. The molecule has 0 unspecified atom stereocenters. The molecule has 0 bridgehead atoms. The summed E-state index contributed by atoms with van der Waals surface area (Å²) in [4.78, 5) is 0. The summed E-state index contributed by atoms with van der Waals surface area (Å²) >= 11 is 0. The van der Waals surface area contributed by atoms with Crippen molar-refractivity contribution in [2.24, 2.45) is 0 Å². The lowest BCUT2D eigenvalue weighted by atomic mass is 10.1. The normalized spacial score (nSPS) is 13.0. The number of hydrogen-bond acceptors (Lipinski definition) is 2. The van der Waals surface area contributed by atoms with E-state index in [-0.39, 0.29) is 0 Å². The van der Waals surface area contributed by atoms with Crippen LogP contribution in [0.1, 0.15) is 18.9 Å². The Kier molecular flexibility index (Phi) is 1.97. The highest BCUT2D eigenvalue weighted by atomic mass is 16.7. The van der Waals surface area contributed by atoms with Gasteiger partial charge in [-0.05, 0) is 29.7 Å². The third-order valence-corrected chi connectivity index (χ3v) is 2.21. The Hall–Kier alpha value is -1.44. The number of benzene rings is 1. The minimum absolute atomic E-state index is 0.331. The molecule has 2 nitrogen and oxygen atoms in total. The highest BCUT2D eigenvalue weighted by Gasteiger charge is 2.13. The van der Waals surface area contributed by atoms with E-state index in [4.69, 9.17) is 9.47 Å². The molecule has 0 amide bonds. The summed E-state index contributed by atoms with van der Waals surface area (Å²) in [5.74, 6) is 1.65. The molecule has 2 rings (SSSR count). The molecule has 0 aromatic heterocycles. The van der Waals surface area contributed by atoms with Crippen LogP contribution in [0.2, 0.25) is 0 Å². The highest BCUT2D eigenvalue weighted by molar-refractivity contribution is 5.66. The lowest BCUT2D eigenvalue weighted by Gasteiger charge is -2.03. The first-order valence-corrected chi connectivity index (χ1v) is 4.39. The third kappa shape index (κ3) is 1.39. The quantitative estimate of drug-likeness (QED) is 0.689. The van der Waals surface area contributed by atoms with Gasteiger partial charge in [0.1, 0.15) is 0 Å². The molecule has 1 aliphatic heterocycles. The van der Waals surface area contributed by atoms with Crippen molar-refractivity contribution in [1.29, 1.82) is 0 Å². The van der Waals surface area contributed by atoms with E-state index in [0.717, 1.165) is 29.1 Å². The summed E-state index contributed by atoms with van der Waals surface area (Å²) in [5, 5.41) is 0. The van der Waals surface area contributed by atoms with Gasteiger partial charge in [0.05, 0.1) is 0 Å². The third-order valence-electron chi connectivity index (χ3n) is 2.21. The molecule has 1 heterocycles.